The number of hydrogen-bond acceptors (Lipinski definition) is 4. The SMILES string of the molecule is COc1ccc(S(=O)(=O)NCc2ncc[nH]2)cc1C. The normalized spacial score (nSPS) is 11.5. The molecule has 6 nitrogen and oxygen atoms in total. The molecule has 0 saturated carbocycles. The molecule has 0 spiro atoms. The van der Waals surface area contributed by atoms with Gasteiger partial charge in [0.2, 0.25) is 10.0 Å². The first kappa shape index (κ1) is 13.6. The lowest BCUT2D eigenvalue weighted by molar-refractivity contribution is 0.411. The molecule has 1 heterocycles. The molecule has 0 unspecified atom stereocenters. The maximum atomic E-state index is 12.1. The van der Waals surface area contributed by atoms with Crippen molar-refractivity contribution in [1.29, 1.82) is 0 Å². The summed E-state index contributed by atoms with van der Waals surface area (Å²) in [6.07, 6.45) is 3.21. The zero-order valence-corrected chi connectivity index (χ0v) is 11.5. The number of hydrogen-bond donors (Lipinski definition) is 2. The minimum Gasteiger partial charge on any atom is -0.496 e. The Labute approximate surface area is 111 Å². The second-order valence-corrected chi connectivity index (χ2v) is 5.76. The molecular weight excluding hydrogens is 266 g/mol. The van der Waals surface area contributed by atoms with Gasteiger partial charge in [-0.25, -0.2) is 18.1 Å². The van der Waals surface area contributed by atoms with Gasteiger partial charge < -0.3 is 9.72 Å². The summed E-state index contributed by atoms with van der Waals surface area (Å²) in [5.74, 6) is 1.22. The molecule has 0 amide bonds. The minimum absolute atomic E-state index is 0.125. The number of imidazole rings is 1. The average Bonchev–Trinajstić information content (AvgIpc) is 2.89. The van der Waals surface area contributed by atoms with Gasteiger partial charge in [0.25, 0.3) is 0 Å². The highest BCUT2D eigenvalue weighted by molar-refractivity contribution is 7.89. The number of nitrogens with zero attached hydrogens (tertiary/aromatic N) is 1. The molecule has 0 aliphatic carbocycles. The van der Waals surface area contributed by atoms with Crippen molar-refractivity contribution in [2.24, 2.45) is 0 Å². The van der Waals surface area contributed by atoms with E-state index in [-0.39, 0.29) is 11.4 Å². The number of benzene rings is 1. The summed E-state index contributed by atoms with van der Waals surface area (Å²) in [5.41, 5.74) is 0.767. The fourth-order valence-electron chi connectivity index (χ4n) is 1.66. The van der Waals surface area contributed by atoms with Crippen molar-refractivity contribution in [3.63, 3.8) is 0 Å². The Morgan fingerprint density at radius 1 is 1.42 bits per heavy atom. The van der Waals surface area contributed by atoms with Crippen molar-refractivity contribution in [2.45, 2.75) is 18.4 Å². The lowest BCUT2D eigenvalue weighted by atomic mass is 10.2. The molecule has 1 aromatic carbocycles. The smallest absolute Gasteiger partial charge is 0.240 e. The zero-order chi connectivity index (χ0) is 13.9. The van der Waals surface area contributed by atoms with Crippen LogP contribution < -0.4 is 9.46 Å². The van der Waals surface area contributed by atoms with Crippen LogP contribution >= 0.6 is 0 Å². The number of H-pyrrole nitrogens is 1. The van der Waals surface area contributed by atoms with E-state index in [2.05, 4.69) is 14.7 Å². The van der Waals surface area contributed by atoms with E-state index in [0.29, 0.717) is 11.6 Å². The fraction of sp³-hybridized carbons (Fsp3) is 0.250. The third kappa shape index (κ3) is 3.12. The first-order valence-electron chi connectivity index (χ1n) is 5.65. The van der Waals surface area contributed by atoms with Gasteiger partial charge in [-0.1, -0.05) is 0 Å². The second kappa shape index (κ2) is 5.41. The van der Waals surface area contributed by atoms with Crippen LogP contribution in [0.25, 0.3) is 0 Å². The lowest BCUT2D eigenvalue weighted by Crippen LogP contribution is -2.23. The van der Waals surface area contributed by atoms with E-state index in [4.69, 9.17) is 4.74 Å². The highest BCUT2D eigenvalue weighted by Gasteiger charge is 2.15. The Morgan fingerprint density at radius 2 is 2.21 bits per heavy atom. The summed E-state index contributed by atoms with van der Waals surface area (Å²) >= 11 is 0. The maximum Gasteiger partial charge on any atom is 0.240 e. The molecule has 2 aromatic rings. The molecule has 0 fully saturated rings. The number of aromatic nitrogens is 2. The molecule has 7 heteroatoms. The molecule has 0 bridgehead atoms. The number of sulfonamides is 1. The monoisotopic (exact) mass is 281 g/mol. The second-order valence-electron chi connectivity index (χ2n) is 3.99. The molecule has 102 valence electrons. The van der Waals surface area contributed by atoms with E-state index in [1.165, 1.54) is 6.07 Å². The summed E-state index contributed by atoms with van der Waals surface area (Å²) in [5, 5.41) is 0. The Bertz CT molecular complexity index is 651. The van der Waals surface area contributed by atoms with Crippen LogP contribution in [0, 0.1) is 6.92 Å². The van der Waals surface area contributed by atoms with E-state index in [9.17, 15) is 8.42 Å². The van der Waals surface area contributed by atoms with Gasteiger partial charge in [-0.05, 0) is 30.7 Å². The van der Waals surface area contributed by atoms with E-state index < -0.39 is 10.0 Å². The predicted molar refractivity (Wildman–Crippen MR) is 70.3 cm³/mol. The van der Waals surface area contributed by atoms with Gasteiger partial charge in [0.1, 0.15) is 11.6 Å². The number of aromatic amines is 1. The van der Waals surface area contributed by atoms with Crippen LogP contribution in [0.15, 0.2) is 35.5 Å². The van der Waals surface area contributed by atoms with Crippen molar-refractivity contribution in [3.8, 4) is 5.75 Å². The summed E-state index contributed by atoms with van der Waals surface area (Å²) in [7, 11) is -2.00. The number of aryl methyl sites for hydroxylation is 1. The Hall–Kier alpha value is -1.86. The molecule has 1 aromatic heterocycles. The summed E-state index contributed by atoms with van der Waals surface area (Å²) in [4.78, 5) is 6.99. The number of rotatable bonds is 5. The summed E-state index contributed by atoms with van der Waals surface area (Å²) < 4.78 is 31.8. The zero-order valence-electron chi connectivity index (χ0n) is 10.7. The topological polar surface area (TPSA) is 84.1 Å². The van der Waals surface area contributed by atoms with Gasteiger partial charge in [0, 0.05) is 12.4 Å². The Morgan fingerprint density at radius 3 is 2.79 bits per heavy atom. The van der Waals surface area contributed by atoms with Gasteiger partial charge in [0.15, 0.2) is 0 Å². The molecule has 2 rings (SSSR count). The van der Waals surface area contributed by atoms with Gasteiger partial charge >= 0.3 is 0 Å². The molecule has 0 radical (unpaired) electrons. The van der Waals surface area contributed by atoms with Gasteiger partial charge in [-0.3, -0.25) is 0 Å². The van der Waals surface area contributed by atoms with Gasteiger partial charge in [-0.2, -0.15) is 0 Å². The third-order valence-corrected chi connectivity index (χ3v) is 4.06. The van der Waals surface area contributed by atoms with E-state index in [1.807, 2.05) is 0 Å². The lowest BCUT2D eigenvalue weighted by Gasteiger charge is -2.09. The number of ether oxygens (including phenoxy) is 1. The number of methoxy groups -OCH3 is 1. The molecule has 19 heavy (non-hydrogen) atoms. The van der Waals surface area contributed by atoms with Gasteiger partial charge in [-0.15, -0.1) is 0 Å². The van der Waals surface area contributed by atoms with Crippen LogP contribution in [0.4, 0.5) is 0 Å². The highest BCUT2D eigenvalue weighted by Crippen LogP contribution is 2.21. The average molecular weight is 281 g/mol. The molecule has 0 saturated heterocycles. The Balaban J connectivity index is 2.17. The van der Waals surface area contributed by atoms with Crippen molar-refractivity contribution in [1.82, 2.24) is 14.7 Å². The standard InChI is InChI=1S/C12H15N3O3S/c1-9-7-10(3-4-11(9)18-2)19(16,17)15-8-12-13-5-6-14-12/h3-7,15H,8H2,1-2H3,(H,13,14). The van der Waals surface area contributed by atoms with Crippen LogP contribution in [0.3, 0.4) is 0 Å². The first-order valence-corrected chi connectivity index (χ1v) is 7.14. The molecule has 0 aliphatic heterocycles. The van der Waals surface area contributed by atoms with Crippen LogP contribution in [0.5, 0.6) is 5.75 Å². The molecule has 0 atom stereocenters. The Kier molecular flexibility index (Phi) is 3.87. The van der Waals surface area contributed by atoms with Crippen molar-refractivity contribution < 1.29 is 13.2 Å². The third-order valence-electron chi connectivity index (χ3n) is 2.66. The van der Waals surface area contributed by atoms with E-state index in [0.717, 1.165) is 5.56 Å². The fourth-order valence-corrected chi connectivity index (χ4v) is 2.73. The quantitative estimate of drug-likeness (QED) is 0.862. The largest absolute Gasteiger partial charge is 0.496 e. The molecule has 0 aliphatic rings. The number of nitrogens with one attached hydrogen (secondary N) is 2. The summed E-state index contributed by atoms with van der Waals surface area (Å²) in [6, 6.07) is 4.72. The van der Waals surface area contributed by atoms with Crippen LogP contribution in [-0.2, 0) is 16.6 Å². The van der Waals surface area contributed by atoms with Crippen molar-refractivity contribution in [3.05, 3.63) is 42.0 Å². The minimum atomic E-state index is -3.55. The van der Waals surface area contributed by atoms with Crippen molar-refractivity contribution >= 4 is 10.0 Å². The van der Waals surface area contributed by atoms with E-state index in [1.54, 1.807) is 38.6 Å². The molecule has 2 N–H and O–H groups in total. The predicted octanol–water partition coefficient (Wildman–Crippen LogP) is 1.21. The van der Waals surface area contributed by atoms with E-state index >= 15 is 0 Å². The first-order chi connectivity index (χ1) is 9.03. The summed E-state index contributed by atoms with van der Waals surface area (Å²) in [6.45, 7) is 1.92. The maximum absolute atomic E-state index is 12.1. The van der Waals surface area contributed by atoms with Gasteiger partial charge in [0.05, 0.1) is 18.6 Å². The van der Waals surface area contributed by atoms with Crippen LogP contribution in [0.1, 0.15) is 11.4 Å². The highest BCUT2D eigenvalue weighted by atomic mass is 32.2. The van der Waals surface area contributed by atoms with Crippen molar-refractivity contribution in [2.75, 3.05) is 7.11 Å². The van der Waals surface area contributed by atoms with Crippen LogP contribution in [0.2, 0.25) is 0 Å². The van der Waals surface area contributed by atoms with Crippen LogP contribution in [-0.4, -0.2) is 25.5 Å². The molecular formula is C12H15N3O3S.